The molecule has 0 atom stereocenters. The third kappa shape index (κ3) is 3.38. The highest BCUT2D eigenvalue weighted by Gasteiger charge is 2.33. The molecule has 7 heteroatoms. The molecule has 0 saturated carbocycles. The van der Waals surface area contributed by atoms with Gasteiger partial charge in [0.1, 0.15) is 0 Å². The summed E-state index contributed by atoms with van der Waals surface area (Å²) in [6.07, 6.45) is -4.39. The van der Waals surface area contributed by atoms with Crippen LogP contribution in [0.25, 0.3) is 0 Å². The highest BCUT2D eigenvalue weighted by molar-refractivity contribution is 14.1. The van der Waals surface area contributed by atoms with Crippen molar-refractivity contribution in [3.05, 3.63) is 32.9 Å². The molecule has 1 aliphatic heterocycles. The van der Waals surface area contributed by atoms with Gasteiger partial charge in [-0.2, -0.15) is 13.2 Å². The first-order valence-corrected chi connectivity index (χ1v) is 6.71. The molecule has 3 nitrogen and oxygen atoms in total. The molecule has 1 amide bonds. The highest BCUT2D eigenvalue weighted by Crippen LogP contribution is 2.33. The number of carbonyl (C=O) groups is 1. The standard InChI is InChI=1S/C12H11F3INO2/c13-12(14,15)9-2-1-8(7-10(9)16)11(18)17-3-5-19-6-4-17/h1-2,7H,3-6H2. The van der Waals surface area contributed by atoms with Crippen LogP contribution in [0.3, 0.4) is 0 Å². The van der Waals surface area contributed by atoms with Crippen LogP contribution in [0.5, 0.6) is 0 Å². The number of benzene rings is 1. The molecule has 104 valence electrons. The van der Waals surface area contributed by atoms with Crippen LogP contribution in [0.15, 0.2) is 18.2 Å². The molecule has 0 N–H and O–H groups in total. The van der Waals surface area contributed by atoms with Crippen molar-refractivity contribution in [3.63, 3.8) is 0 Å². The minimum atomic E-state index is -4.39. The Hall–Kier alpha value is -0.830. The van der Waals surface area contributed by atoms with Gasteiger partial charge in [0.05, 0.1) is 18.8 Å². The van der Waals surface area contributed by atoms with E-state index in [4.69, 9.17) is 4.74 Å². The maximum atomic E-state index is 12.6. The molecule has 1 fully saturated rings. The molecule has 0 unspecified atom stereocenters. The number of amides is 1. The predicted octanol–water partition coefficient (Wildman–Crippen LogP) is 2.78. The van der Waals surface area contributed by atoms with Crippen LogP contribution in [0.2, 0.25) is 0 Å². The first-order valence-electron chi connectivity index (χ1n) is 5.63. The monoisotopic (exact) mass is 385 g/mol. The molecular formula is C12H11F3INO2. The minimum absolute atomic E-state index is 0.0317. The van der Waals surface area contributed by atoms with Gasteiger partial charge in [-0.1, -0.05) is 0 Å². The topological polar surface area (TPSA) is 29.5 Å². The van der Waals surface area contributed by atoms with E-state index in [0.29, 0.717) is 26.3 Å². The van der Waals surface area contributed by atoms with E-state index in [1.165, 1.54) is 12.1 Å². The number of alkyl halides is 3. The van der Waals surface area contributed by atoms with Crippen molar-refractivity contribution < 1.29 is 22.7 Å². The van der Waals surface area contributed by atoms with E-state index < -0.39 is 11.7 Å². The summed E-state index contributed by atoms with van der Waals surface area (Å²) < 4.78 is 43.0. The van der Waals surface area contributed by atoms with Crippen molar-refractivity contribution in [1.82, 2.24) is 4.90 Å². The van der Waals surface area contributed by atoms with Crippen molar-refractivity contribution in [2.24, 2.45) is 0 Å². The number of carbonyl (C=O) groups excluding carboxylic acids is 1. The van der Waals surface area contributed by atoms with E-state index in [-0.39, 0.29) is 15.0 Å². The van der Waals surface area contributed by atoms with Gasteiger partial charge in [-0.25, -0.2) is 0 Å². The molecule has 19 heavy (non-hydrogen) atoms. The van der Waals surface area contributed by atoms with Crippen molar-refractivity contribution in [2.45, 2.75) is 6.18 Å². The van der Waals surface area contributed by atoms with Crippen molar-refractivity contribution in [1.29, 1.82) is 0 Å². The van der Waals surface area contributed by atoms with Crippen LogP contribution in [0, 0.1) is 3.57 Å². The van der Waals surface area contributed by atoms with Gasteiger partial charge in [0, 0.05) is 22.2 Å². The second-order valence-electron chi connectivity index (χ2n) is 4.10. The zero-order valence-corrected chi connectivity index (χ0v) is 12.0. The van der Waals surface area contributed by atoms with Crippen molar-refractivity contribution in [3.8, 4) is 0 Å². The Labute approximate surface area is 121 Å². The maximum absolute atomic E-state index is 12.6. The van der Waals surface area contributed by atoms with Gasteiger partial charge in [-0.15, -0.1) is 0 Å². The van der Waals surface area contributed by atoms with E-state index in [0.717, 1.165) is 6.07 Å². The highest BCUT2D eigenvalue weighted by atomic mass is 127. The summed E-state index contributed by atoms with van der Waals surface area (Å²) in [4.78, 5) is 13.7. The Morgan fingerprint density at radius 1 is 1.26 bits per heavy atom. The Balaban J connectivity index is 2.22. The maximum Gasteiger partial charge on any atom is 0.417 e. The molecule has 1 aromatic rings. The molecule has 2 rings (SSSR count). The number of nitrogens with zero attached hydrogens (tertiary/aromatic N) is 1. The number of rotatable bonds is 1. The van der Waals surface area contributed by atoms with Gasteiger partial charge in [-0.05, 0) is 40.8 Å². The zero-order valence-electron chi connectivity index (χ0n) is 9.84. The third-order valence-corrected chi connectivity index (χ3v) is 3.71. The second-order valence-corrected chi connectivity index (χ2v) is 5.26. The predicted molar refractivity (Wildman–Crippen MR) is 70.9 cm³/mol. The Morgan fingerprint density at radius 2 is 1.89 bits per heavy atom. The van der Waals surface area contributed by atoms with Crippen molar-refractivity contribution in [2.75, 3.05) is 26.3 Å². The fraction of sp³-hybridized carbons (Fsp3) is 0.417. The average molecular weight is 385 g/mol. The lowest BCUT2D eigenvalue weighted by Gasteiger charge is -2.27. The van der Waals surface area contributed by atoms with Crippen LogP contribution in [-0.4, -0.2) is 37.1 Å². The summed E-state index contributed by atoms with van der Waals surface area (Å²) in [6, 6.07) is 3.46. The lowest BCUT2D eigenvalue weighted by Crippen LogP contribution is -2.40. The van der Waals surface area contributed by atoms with E-state index in [2.05, 4.69) is 0 Å². The third-order valence-electron chi connectivity index (χ3n) is 2.82. The Bertz CT molecular complexity index is 484. The van der Waals surface area contributed by atoms with Crippen LogP contribution in [0.4, 0.5) is 13.2 Å². The Morgan fingerprint density at radius 3 is 2.42 bits per heavy atom. The summed E-state index contributed by atoms with van der Waals surface area (Å²) >= 11 is 1.60. The van der Waals surface area contributed by atoms with E-state index >= 15 is 0 Å². The molecule has 0 spiro atoms. The van der Waals surface area contributed by atoms with Crippen LogP contribution < -0.4 is 0 Å². The van der Waals surface area contributed by atoms with Crippen molar-refractivity contribution >= 4 is 28.5 Å². The van der Waals surface area contributed by atoms with E-state index in [1.54, 1.807) is 27.5 Å². The number of ether oxygens (including phenoxy) is 1. The molecule has 1 saturated heterocycles. The average Bonchev–Trinajstić information content (AvgIpc) is 2.37. The second kappa shape index (κ2) is 5.66. The summed E-state index contributed by atoms with van der Waals surface area (Å²) in [6.45, 7) is 1.86. The number of hydrogen-bond acceptors (Lipinski definition) is 2. The normalized spacial score (nSPS) is 16.5. The minimum Gasteiger partial charge on any atom is -0.378 e. The van der Waals surface area contributed by atoms with E-state index in [9.17, 15) is 18.0 Å². The fourth-order valence-corrected chi connectivity index (χ4v) is 2.65. The van der Waals surface area contributed by atoms with Gasteiger partial charge in [0.15, 0.2) is 0 Å². The first kappa shape index (κ1) is 14.6. The summed E-state index contributed by atoms with van der Waals surface area (Å²) in [7, 11) is 0. The molecule has 0 aromatic heterocycles. The lowest BCUT2D eigenvalue weighted by molar-refractivity contribution is -0.138. The van der Waals surface area contributed by atoms with Gasteiger partial charge in [0.25, 0.3) is 5.91 Å². The number of halogens is 4. The SMILES string of the molecule is O=C(c1ccc(C(F)(F)F)c(I)c1)N1CCOCC1. The van der Waals surface area contributed by atoms with Crippen LogP contribution in [-0.2, 0) is 10.9 Å². The van der Waals surface area contributed by atoms with Gasteiger partial charge in [-0.3, -0.25) is 4.79 Å². The Kier molecular flexibility index (Phi) is 4.34. The molecule has 0 aliphatic carbocycles. The van der Waals surface area contributed by atoms with Gasteiger partial charge in [0.2, 0.25) is 0 Å². The number of hydrogen-bond donors (Lipinski definition) is 0. The summed E-state index contributed by atoms with van der Waals surface area (Å²) in [5, 5.41) is 0. The van der Waals surface area contributed by atoms with Gasteiger partial charge >= 0.3 is 6.18 Å². The fourth-order valence-electron chi connectivity index (χ4n) is 1.83. The van der Waals surface area contributed by atoms with Crippen LogP contribution >= 0.6 is 22.6 Å². The smallest absolute Gasteiger partial charge is 0.378 e. The molecule has 1 heterocycles. The quantitative estimate of drug-likeness (QED) is 0.696. The molecule has 1 aliphatic rings. The molecule has 0 radical (unpaired) electrons. The number of morpholine rings is 1. The molecule has 1 aromatic carbocycles. The molecular weight excluding hydrogens is 374 g/mol. The zero-order chi connectivity index (χ0) is 14.0. The van der Waals surface area contributed by atoms with Crippen LogP contribution in [0.1, 0.15) is 15.9 Å². The first-order chi connectivity index (χ1) is 8.89. The lowest BCUT2D eigenvalue weighted by atomic mass is 10.1. The van der Waals surface area contributed by atoms with Gasteiger partial charge < -0.3 is 9.64 Å². The molecule has 0 bridgehead atoms. The summed E-state index contributed by atoms with van der Waals surface area (Å²) in [5.41, 5.74) is -0.439. The largest absolute Gasteiger partial charge is 0.417 e. The van der Waals surface area contributed by atoms with E-state index in [1.807, 2.05) is 0 Å². The summed E-state index contributed by atoms with van der Waals surface area (Å²) in [5.74, 6) is -0.255.